The van der Waals surface area contributed by atoms with Crippen molar-refractivity contribution >= 4 is 33.8 Å². The Labute approximate surface area is 149 Å². The van der Waals surface area contributed by atoms with Crippen molar-refractivity contribution < 1.29 is 8.42 Å². The Morgan fingerprint density at radius 2 is 1.91 bits per heavy atom. The van der Waals surface area contributed by atoms with E-state index in [0.717, 1.165) is 44.9 Å². The molecule has 2 fully saturated rings. The summed E-state index contributed by atoms with van der Waals surface area (Å²) in [6, 6.07) is 3.52. The molecule has 5 nitrogen and oxygen atoms in total. The highest BCUT2D eigenvalue weighted by molar-refractivity contribution is 7.91. The largest absolute Gasteiger partial charge is 0.317 e. The average Bonchev–Trinajstić information content (AvgIpc) is 3.05. The molecule has 0 unspecified atom stereocenters. The Morgan fingerprint density at radius 1 is 1.22 bits per heavy atom. The minimum Gasteiger partial charge on any atom is -0.317 e. The van der Waals surface area contributed by atoms with Crippen LogP contribution in [0.25, 0.3) is 0 Å². The molecule has 2 aliphatic heterocycles. The number of rotatable bonds is 5. The quantitative estimate of drug-likeness (QED) is 0.820. The zero-order valence-corrected chi connectivity index (χ0v) is 15.7. The van der Waals surface area contributed by atoms with Crippen LogP contribution in [0.2, 0.25) is 0 Å². The molecule has 3 rings (SSSR count). The lowest BCUT2D eigenvalue weighted by molar-refractivity contribution is 0.164. The molecule has 2 aliphatic rings. The number of likely N-dealkylation sites (tertiary alicyclic amines) is 1. The molecular formula is C15H26ClN3O2S2. The number of hydrogen-bond acceptors (Lipinski definition) is 5. The Hall–Kier alpha value is -0.180. The minimum atomic E-state index is -3.32. The molecule has 0 amide bonds. The fourth-order valence-corrected chi connectivity index (χ4v) is 5.67. The second-order valence-electron chi connectivity index (χ2n) is 6.32. The molecule has 2 N–H and O–H groups in total. The van der Waals surface area contributed by atoms with Crippen molar-refractivity contribution in [2.45, 2.75) is 35.9 Å². The lowest BCUT2D eigenvalue weighted by atomic mass is 9.96. The van der Waals surface area contributed by atoms with E-state index < -0.39 is 10.0 Å². The van der Waals surface area contributed by atoms with Crippen LogP contribution in [0.5, 0.6) is 0 Å². The molecule has 3 heterocycles. The number of thiophene rings is 1. The predicted molar refractivity (Wildman–Crippen MR) is 96.9 cm³/mol. The first-order chi connectivity index (χ1) is 10.6. The zero-order valence-electron chi connectivity index (χ0n) is 13.2. The highest BCUT2D eigenvalue weighted by Crippen LogP contribution is 2.20. The fraction of sp³-hybridized carbons (Fsp3) is 0.733. The average molecular weight is 380 g/mol. The van der Waals surface area contributed by atoms with Gasteiger partial charge >= 0.3 is 0 Å². The summed E-state index contributed by atoms with van der Waals surface area (Å²) in [5.74, 6) is 0.806. The van der Waals surface area contributed by atoms with Gasteiger partial charge in [-0.15, -0.1) is 23.7 Å². The van der Waals surface area contributed by atoms with E-state index in [1.807, 2.05) is 0 Å². The van der Waals surface area contributed by atoms with Gasteiger partial charge < -0.3 is 10.2 Å². The molecule has 8 heteroatoms. The van der Waals surface area contributed by atoms with Gasteiger partial charge in [-0.25, -0.2) is 13.1 Å². The third-order valence-electron chi connectivity index (χ3n) is 4.64. The summed E-state index contributed by atoms with van der Waals surface area (Å²) in [6.45, 7) is 5.46. The van der Waals surface area contributed by atoms with Crippen LogP contribution in [0, 0.1) is 5.92 Å². The van der Waals surface area contributed by atoms with Crippen molar-refractivity contribution in [3.63, 3.8) is 0 Å². The van der Waals surface area contributed by atoms with Crippen molar-refractivity contribution in [3.05, 3.63) is 17.5 Å². The number of hydrogen-bond donors (Lipinski definition) is 2. The van der Waals surface area contributed by atoms with E-state index in [0.29, 0.717) is 4.21 Å². The van der Waals surface area contributed by atoms with Crippen LogP contribution in [0.4, 0.5) is 0 Å². The molecular weight excluding hydrogens is 354 g/mol. The number of nitrogens with zero attached hydrogens (tertiary/aromatic N) is 1. The van der Waals surface area contributed by atoms with Crippen molar-refractivity contribution in [1.82, 2.24) is 14.9 Å². The number of piperidine rings is 2. The van der Waals surface area contributed by atoms with Gasteiger partial charge in [0.1, 0.15) is 4.21 Å². The first-order valence-electron chi connectivity index (χ1n) is 8.12. The summed E-state index contributed by atoms with van der Waals surface area (Å²) in [6.07, 6.45) is 4.36. The third kappa shape index (κ3) is 5.41. The molecule has 1 aromatic rings. The highest BCUT2D eigenvalue weighted by Gasteiger charge is 2.26. The second-order valence-corrected chi connectivity index (χ2v) is 9.21. The maximum atomic E-state index is 12.2. The van der Waals surface area contributed by atoms with Crippen molar-refractivity contribution in [1.29, 1.82) is 0 Å². The van der Waals surface area contributed by atoms with Gasteiger partial charge in [-0.3, -0.25) is 0 Å². The van der Waals surface area contributed by atoms with Crippen molar-refractivity contribution in [3.8, 4) is 0 Å². The number of sulfonamides is 1. The summed E-state index contributed by atoms with van der Waals surface area (Å²) >= 11 is 1.28. The molecule has 0 bridgehead atoms. The lowest BCUT2D eigenvalue weighted by Gasteiger charge is -2.35. The summed E-state index contributed by atoms with van der Waals surface area (Å²) in [7, 11) is -3.32. The molecule has 23 heavy (non-hydrogen) atoms. The van der Waals surface area contributed by atoms with Crippen LogP contribution >= 0.6 is 23.7 Å². The summed E-state index contributed by atoms with van der Waals surface area (Å²) in [5.41, 5.74) is 0. The van der Waals surface area contributed by atoms with Gasteiger partial charge in [-0.2, -0.15) is 0 Å². The molecule has 0 saturated carbocycles. The van der Waals surface area contributed by atoms with E-state index in [9.17, 15) is 8.42 Å². The molecule has 0 spiro atoms. The lowest BCUT2D eigenvalue weighted by Crippen LogP contribution is -2.46. The standard InChI is InChI=1S/C15H25N3O2S2.ClH/c19-22(20,15-2-1-11-21-15)17-14-5-9-18(10-6-14)12-13-3-7-16-8-4-13;/h1-2,11,13-14,16-17H,3-10,12H2;1H. The van der Waals surface area contributed by atoms with E-state index in [1.165, 1.54) is 30.7 Å². The van der Waals surface area contributed by atoms with Gasteiger partial charge in [0.15, 0.2) is 0 Å². The Kier molecular flexibility index (Phi) is 7.31. The topological polar surface area (TPSA) is 61.4 Å². The van der Waals surface area contributed by atoms with Crippen LogP contribution < -0.4 is 10.0 Å². The van der Waals surface area contributed by atoms with Crippen LogP contribution in [-0.4, -0.2) is 52.1 Å². The van der Waals surface area contributed by atoms with Gasteiger partial charge in [0, 0.05) is 12.6 Å². The van der Waals surface area contributed by atoms with E-state index in [4.69, 9.17) is 0 Å². The second kappa shape index (κ2) is 8.78. The zero-order chi connectivity index (χ0) is 15.4. The van der Waals surface area contributed by atoms with Crippen LogP contribution in [0.3, 0.4) is 0 Å². The fourth-order valence-electron chi connectivity index (χ4n) is 3.36. The molecule has 2 saturated heterocycles. The highest BCUT2D eigenvalue weighted by atomic mass is 35.5. The van der Waals surface area contributed by atoms with Gasteiger partial charge in [0.2, 0.25) is 10.0 Å². The van der Waals surface area contributed by atoms with E-state index in [-0.39, 0.29) is 18.4 Å². The molecule has 132 valence electrons. The third-order valence-corrected chi connectivity index (χ3v) is 7.56. The molecule has 0 aliphatic carbocycles. The van der Waals surface area contributed by atoms with Crippen LogP contribution in [0.15, 0.2) is 21.7 Å². The Balaban J connectivity index is 0.00000192. The Bertz CT molecular complexity index is 551. The van der Waals surface area contributed by atoms with Gasteiger partial charge in [0.25, 0.3) is 0 Å². The number of halogens is 1. The summed E-state index contributed by atoms with van der Waals surface area (Å²) in [4.78, 5) is 2.51. The first kappa shape index (κ1) is 19.1. The molecule has 0 radical (unpaired) electrons. The van der Waals surface area contributed by atoms with Gasteiger partial charge in [0.05, 0.1) is 0 Å². The maximum absolute atomic E-state index is 12.2. The smallest absolute Gasteiger partial charge is 0.250 e. The summed E-state index contributed by atoms with van der Waals surface area (Å²) in [5, 5.41) is 5.21. The number of nitrogens with one attached hydrogen (secondary N) is 2. The predicted octanol–water partition coefficient (Wildman–Crippen LogP) is 1.91. The monoisotopic (exact) mass is 379 g/mol. The minimum absolute atomic E-state index is 0. The van der Waals surface area contributed by atoms with Crippen LogP contribution in [-0.2, 0) is 10.0 Å². The van der Waals surface area contributed by atoms with E-state index in [2.05, 4.69) is 14.9 Å². The molecule has 0 atom stereocenters. The molecule has 0 aromatic carbocycles. The van der Waals surface area contributed by atoms with Crippen molar-refractivity contribution in [2.75, 3.05) is 32.7 Å². The van der Waals surface area contributed by atoms with Crippen molar-refractivity contribution in [2.24, 2.45) is 5.92 Å². The normalized spacial score (nSPS) is 21.9. The maximum Gasteiger partial charge on any atom is 0.250 e. The van der Waals surface area contributed by atoms with Crippen LogP contribution in [0.1, 0.15) is 25.7 Å². The van der Waals surface area contributed by atoms with E-state index in [1.54, 1.807) is 17.5 Å². The van der Waals surface area contributed by atoms with E-state index >= 15 is 0 Å². The Morgan fingerprint density at radius 3 is 2.52 bits per heavy atom. The van der Waals surface area contributed by atoms with Gasteiger partial charge in [-0.1, -0.05) is 6.07 Å². The van der Waals surface area contributed by atoms with Gasteiger partial charge in [-0.05, 0) is 69.2 Å². The molecule has 1 aromatic heterocycles. The summed E-state index contributed by atoms with van der Waals surface area (Å²) < 4.78 is 27.8. The SMILES string of the molecule is Cl.O=S(=O)(NC1CCN(CC2CCNCC2)CC1)c1cccs1. The first-order valence-corrected chi connectivity index (χ1v) is 10.5.